The lowest BCUT2D eigenvalue weighted by atomic mass is 10.0. The van der Waals surface area contributed by atoms with Crippen molar-refractivity contribution in [3.8, 4) is 0 Å². The Bertz CT molecular complexity index is 531. The third-order valence-corrected chi connectivity index (χ3v) is 2.63. The fourth-order valence-corrected chi connectivity index (χ4v) is 1.91. The molecule has 0 spiro atoms. The van der Waals surface area contributed by atoms with Gasteiger partial charge in [-0.2, -0.15) is 0 Å². The maximum atomic E-state index is 11.6. The van der Waals surface area contributed by atoms with Gasteiger partial charge in [-0.05, 0) is 30.2 Å². The first kappa shape index (κ1) is 11.6. The van der Waals surface area contributed by atoms with E-state index in [9.17, 15) is 4.79 Å². The van der Waals surface area contributed by atoms with Crippen LogP contribution in [0.2, 0.25) is 0 Å². The van der Waals surface area contributed by atoms with E-state index < -0.39 is 0 Å². The number of carbonyl (C=O) groups is 1. The molecule has 1 amide bonds. The van der Waals surface area contributed by atoms with E-state index in [1.54, 1.807) is 0 Å². The first-order chi connectivity index (χ1) is 8.15. The molecule has 0 bridgehead atoms. The highest BCUT2D eigenvalue weighted by Gasteiger charge is 2.05. The molecule has 17 heavy (non-hydrogen) atoms. The molecule has 0 saturated carbocycles. The van der Waals surface area contributed by atoms with Crippen molar-refractivity contribution in [1.29, 1.82) is 0 Å². The Morgan fingerprint density at radius 2 is 1.82 bits per heavy atom. The molecule has 0 saturated heterocycles. The van der Waals surface area contributed by atoms with E-state index in [0.717, 1.165) is 5.56 Å². The van der Waals surface area contributed by atoms with E-state index in [1.165, 1.54) is 10.8 Å². The average molecular weight is 227 g/mol. The minimum atomic E-state index is 0.0790. The van der Waals surface area contributed by atoms with E-state index in [2.05, 4.69) is 29.6 Å². The van der Waals surface area contributed by atoms with Crippen LogP contribution in [-0.2, 0) is 11.2 Å². The summed E-state index contributed by atoms with van der Waals surface area (Å²) >= 11 is 0. The van der Waals surface area contributed by atoms with Gasteiger partial charge in [0.25, 0.3) is 0 Å². The molecule has 0 fully saturated rings. The molecule has 2 aromatic rings. The maximum Gasteiger partial charge on any atom is 0.224 e. The summed E-state index contributed by atoms with van der Waals surface area (Å²) in [4.78, 5) is 11.6. The van der Waals surface area contributed by atoms with Gasteiger partial charge >= 0.3 is 0 Å². The molecule has 0 aliphatic carbocycles. The van der Waals surface area contributed by atoms with E-state index in [0.29, 0.717) is 6.42 Å². The Morgan fingerprint density at radius 3 is 2.53 bits per heavy atom. The smallest absolute Gasteiger partial charge is 0.224 e. The third kappa shape index (κ3) is 3.06. The molecule has 2 heteroatoms. The van der Waals surface area contributed by atoms with E-state index in [4.69, 9.17) is 0 Å². The second-order valence-corrected chi connectivity index (χ2v) is 4.58. The molecule has 0 atom stereocenters. The number of fused-ring (bicyclic) bond motifs is 1. The summed E-state index contributed by atoms with van der Waals surface area (Å²) in [6.07, 6.45) is 0.447. The van der Waals surface area contributed by atoms with Crippen molar-refractivity contribution in [3.05, 3.63) is 48.0 Å². The number of hydrogen-bond acceptors (Lipinski definition) is 1. The lowest BCUT2D eigenvalue weighted by Crippen LogP contribution is -2.31. The Hall–Kier alpha value is -1.83. The maximum absolute atomic E-state index is 11.6. The molecular weight excluding hydrogens is 210 g/mol. The van der Waals surface area contributed by atoms with Crippen molar-refractivity contribution in [2.45, 2.75) is 26.3 Å². The van der Waals surface area contributed by atoms with Gasteiger partial charge in [0, 0.05) is 6.04 Å². The lowest BCUT2D eigenvalue weighted by Gasteiger charge is -2.08. The Balaban J connectivity index is 2.17. The molecule has 0 radical (unpaired) electrons. The Labute approximate surface area is 102 Å². The SMILES string of the molecule is CC(C)NC(=O)Cc1ccc2ccccc2c1. The molecular formula is C15H17NO. The summed E-state index contributed by atoms with van der Waals surface area (Å²) in [6.45, 7) is 3.94. The van der Waals surface area contributed by atoms with Crippen LogP contribution in [0.1, 0.15) is 19.4 Å². The molecule has 2 rings (SSSR count). The van der Waals surface area contributed by atoms with Crippen LogP contribution in [0, 0.1) is 0 Å². The molecule has 2 nitrogen and oxygen atoms in total. The van der Waals surface area contributed by atoms with Crippen LogP contribution in [0.5, 0.6) is 0 Å². The molecule has 2 aromatic carbocycles. The molecule has 1 N–H and O–H groups in total. The number of carbonyl (C=O) groups excluding carboxylic acids is 1. The Kier molecular flexibility index (Phi) is 3.43. The van der Waals surface area contributed by atoms with Crippen LogP contribution in [0.15, 0.2) is 42.5 Å². The molecule has 88 valence electrons. The minimum absolute atomic E-state index is 0.0790. The first-order valence-corrected chi connectivity index (χ1v) is 5.92. The van der Waals surface area contributed by atoms with Crippen molar-refractivity contribution in [2.24, 2.45) is 0 Å². The second kappa shape index (κ2) is 5.00. The quantitative estimate of drug-likeness (QED) is 0.858. The number of benzene rings is 2. The predicted molar refractivity (Wildman–Crippen MR) is 70.9 cm³/mol. The van der Waals surface area contributed by atoms with Gasteiger partial charge in [0.1, 0.15) is 0 Å². The zero-order valence-electron chi connectivity index (χ0n) is 10.2. The van der Waals surface area contributed by atoms with E-state index in [-0.39, 0.29) is 11.9 Å². The van der Waals surface area contributed by atoms with Gasteiger partial charge < -0.3 is 5.32 Å². The number of amides is 1. The van der Waals surface area contributed by atoms with E-state index >= 15 is 0 Å². The summed E-state index contributed by atoms with van der Waals surface area (Å²) in [6, 6.07) is 14.5. The van der Waals surface area contributed by atoms with Crippen molar-refractivity contribution < 1.29 is 4.79 Å². The average Bonchev–Trinajstić information content (AvgIpc) is 2.27. The van der Waals surface area contributed by atoms with Crippen molar-refractivity contribution in [3.63, 3.8) is 0 Å². The molecule has 0 aromatic heterocycles. The summed E-state index contributed by atoms with van der Waals surface area (Å²) in [5, 5.41) is 5.29. The second-order valence-electron chi connectivity index (χ2n) is 4.58. The monoisotopic (exact) mass is 227 g/mol. The topological polar surface area (TPSA) is 29.1 Å². The van der Waals surface area contributed by atoms with Gasteiger partial charge in [-0.3, -0.25) is 4.79 Å². The highest BCUT2D eigenvalue weighted by Crippen LogP contribution is 2.15. The van der Waals surface area contributed by atoms with Crippen molar-refractivity contribution in [1.82, 2.24) is 5.32 Å². The molecule has 0 heterocycles. The van der Waals surface area contributed by atoms with Crippen LogP contribution < -0.4 is 5.32 Å². The van der Waals surface area contributed by atoms with Gasteiger partial charge in [-0.1, -0.05) is 42.5 Å². The predicted octanol–water partition coefficient (Wildman–Crippen LogP) is 2.91. The fraction of sp³-hybridized carbons (Fsp3) is 0.267. The summed E-state index contributed by atoms with van der Waals surface area (Å²) < 4.78 is 0. The van der Waals surface area contributed by atoms with Gasteiger partial charge in [0.2, 0.25) is 5.91 Å². The Morgan fingerprint density at radius 1 is 1.12 bits per heavy atom. The first-order valence-electron chi connectivity index (χ1n) is 5.92. The molecule has 0 unspecified atom stereocenters. The zero-order valence-corrected chi connectivity index (χ0v) is 10.2. The highest BCUT2D eigenvalue weighted by atomic mass is 16.1. The standard InChI is InChI=1S/C15H17NO/c1-11(2)16-15(17)10-12-7-8-13-5-3-4-6-14(13)9-12/h3-9,11H,10H2,1-2H3,(H,16,17). The van der Waals surface area contributed by atoms with E-state index in [1.807, 2.05) is 32.0 Å². The van der Waals surface area contributed by atoms with Crippen LogP contribution in [0.4, 0.5) is 0 Å². The normalized spacial score (nSPS) is 10.8. The van der Waals surface area contributed by atoms with Gasteiger partial charge in [-0.25, -0.2) is 0 Å². The largest absolute Gasteiger partial charge is 0.354 e. The summed E-state index contributed by atoms with van der Waals surface area (Å²) in [7, 11) is 0. The lowest BCUT2D eigenvalue weighted by molar-refractivity contribution is -0.120. The van der Waals surface area contributed by atoms with Gasteiger partial charge in [0.05, 0.1) is 6.42 Å². The highest BCUT2D eigenvalue weighted by molar-refractivity contribution is 5.85. The fourth-order valence-electron chi connectivity index (χ4n) is 1.91. The minimum Gasteiger partial charge on any atom is -0.354 e. The summed E-state index contributed by atoms with van der Waals surface area (Å²) in [5.74, 6) is 0.0790. The number of hydrogen-bond donors (Lipinski definition) is 1. The number of nitrogens with one attached hydrogen (secondary N) is 1. The summed E-state index contributed by atoms with van der Waals surface area (Å²) in [5.41, 5.74) is 1.06. The third-order valence-electron chi connectivity index (χ3n) is 2.63. The van der Waals surface area contributed by atoms with Crippen LogP contribution in [0.25, 0.3) is 10.8 Å². The van der Waals surface area contributed by atoms with Gasteiger partial charge in [-0.15, -0.1) is 0 Å². The van der Waals surface area contributed by atoms with Crippen LogP contribution in [-0.4, -0.2) is 11.9 Å². The van der Waals surface area contributed by atoms with Crippen LogP contribution >= 0.6 is 0 Å². The van der Waals surface area contributed by atoms with Gasteiger partial charge in [0.15, 0.2) is 0 Å². The molecule has 0 aliphatic rings. The van der Waals surface area contributed by atoms with Crippen molar-refractivity contribution in [2.75, 3.05) is 0 Å². The van der Waals surface area contributed by atoms with Crippen molar-refractivity contribution >= 4 is 16.7 Å². The zero-order chi connectivity index (χ0) is 12.3. The number of rotatable bonds is 3. The molecule has 0 aliphatic heterocycles. The van der Waals surface area contributed by atoms with Crippen LogP contribution in [0.3, 0.4) is 0 Å².